The second kappa shape index (κ2) is 11.3. The van der Waals surface area contributed by atoms with Gasteiger partial charge in [-0.15, -0.1) is 0 Å². The molecule has 34 heavy (non-hydrogen) atoms. The number of nitrogens with one attached hydrogen (secondary N) is 2. The number of carboxylic acid groups (broad SMARTS) is 1. The van der Waals surface area contributed by atoms with E-state index in [0.29, 0.717) is 17.7 Å². The highest BCUT2D eigenvalue weighted by Crippen LogP contribution is 2.34. The highest BCUT2D eigenvalue weighted by atomic mass is 19.3. The van der Waals surface area contributed by atoms with Gasteiger partial charge in [-0.3, -0.25) is 9.48 Å². The van der Waals surface area contributed by atoms with Crippen LogP contribution in [0.15, 0.2) is 60.9 Å². The van der Waals surface area contributed by atoms with E-state index in [0.717, 1.165) is 5.56 Å². The van der Waals surface area contributed by atoms with Crippen molar-refractivity contribution < 1.29 is 28.2 Å². The van der Waals surface area contributed by atoms with Crippen LogP contribution >= 0.6 is 0 Å². The normalized spacial score (nSPS) is 11.9. The second-order valence-electron chi connectivity index (χ2n) is 8.12. The summed E-state index contributed by atoms with van der Waals surface area (Å²) in [6.45, 7) is 1.14. The Kier molecular flexibility index (Phi) is 8.18. The lowest BCUT2D eigenvalue weighted by molar-refractivity contribution is -0.118. The molecule has 0 fully saturated rings. The maximum absolute atomic E-state index is 13.1. The van der Waals surface area contributed by atoms with Crippen LogP contribution in [0.25, 0.3) is 11.1 Å². The molecule has 3 aromatic rings. The van der Waals surface area contributed by atoms with Crippen molar-refractivity contribution in [3.8, 4) is 16.9 Å². The fourth-order valence-corrected chi connectivity index (χ4v) is 3.47. The molecule has 8 nitrogen and oxygen atoms in total. The predicted molar refractivity (Wildman–Crippen MR) is 123 cm³/mol. The summed E-state index contributed by atoms with van der Waals surface area (Å²) in [7, 11) is 0. The maximum atomic E-state index is 13.1. The van der Waals surface area contributed by atoms with E-state index in [9.17, 15) is 18.4 Å². The molecule has 0 saturated carbocycles. The molecular weight excluding hydrogens is 446 g/mol. The van der Waals surface area contributed by atoms with Gasteiger partial charge in [0.25, 0.3) is 0 Å². The van der Waals surface area contributed by atoms with E-state index < -0.39 is 24.7 Å². The first-order valence-electron chi connectivity index (χ1n) is 10.7. The van der Waals surface area contributed by atoms with Gasteiger partial charge < -0.3 is 20.5 Å². The quantitative estimate of drug-likeness (QED) is 0.392. The zero-order chi connectivity index (χ0) is 24.7. The lowest BCUT2D eigenvalue weighted by Gasteiger charge is -2.19. The lowest BCUT2D eigenvalue weighted by Crippen LogP contribution is -2.44. The number of hydrogen-bond acceptors (Lipinski definition) is 4. The Balaban J connectivity index is 1.82. The molecule has 0 spiro atoms. The van der Waals surface area contributed by atoms with Crippen LogP contribution in [0, 0.1) is 5.92 Å². The van der Waals surface area contributed by atoms with E-state index in [4.69, 9.17) is 9.84 Å². The van der Waals surface area contributed by atoms with E-state index in [1.54, 1.807) is 23.1 Å². The average Bonchev–Trinajstić information content (AvgIpc) is 3.21. The van der Waals surface area contributed by atoms with Crippen molar-refractivity contribution in [3.63, 3.8) is 0 Å². The lowest BCUT2D eigenvalue weighted by atomic mass is 10.0. The average molecular weight is 472 g/mol. The number of carbonyl (C=O) groups is 2. The molecule has 0 aliphatic carbocycles. The molecule has 1 aromatic heterocycles. The number of nitrogens with zero attached hydrogens (tertiary/aromatic N) is 2. The molecule has 3 rings (SSSR count). The van der Waals surface area contributed by atoms with Crippen molar-refractivity contribution in [1.29, 1.82) is 0 Å². The molecule has 1 heterocycles. The van der Waals surface area contributed by atoms with Gasteiger partial charge in [-0.25, -0.2) is 4.79 Å². The smallest absolute Gasteiger partial charge is 0.405 e. The Morgan fingerprint density at radius 3 is 2.53 bits per heavy atom. The van der Waals surface area contributed by atoms with E-state index in [1.807, 2.05) is 44.2 Å². The fraction of sp³-hybridized carbons (Fsp3) is 0.292. The zero-order valence-corrected chi connectivity index (χ0v) is 18.7. The van der Waals surface area contributed by atoms with Crippen LogP contribution in [-0.2, 0) is 11.3 Å². The van der Waals surface area contributed by atoms with Gasteiger partial charge in [-0.2, -0.15) is 13.9 Å². The first-order valence-corrected chi connectivity index (χ1v) is 10.7. The minimum atomic E-state index is -3.08. The maximum Gasteiger partial charge on any atom is 0.405 e. The highest BCUT2D eigenvalue weighted by molar-refractivity contribution is 5.97. The number of halogens is 2. The Bertz CT molecular complexity index is 1120. The summed E-state index contributed by atoms with van der Waals surface area (Å²) in [4.78, 5) is 23.6. The number of ether oxygens (including phenoxy) is 1. The van der Waals surface area contributed by atoms with Gasteiger partial charge in [0.2, 0.25) is 5.91 Å². The molecule has 0 aliphatic heterocycles. The van der Waals surface area contributed by atoms with Gasteiger partial charge in [0.15, 0.2) is 0 Å². The van der Waals surface area contributed by atoms with Crippen LogP contribution in [0.3, 0.4) is 0 Å². The van der Waals surface area contributed by atoms with Crippen LogP contribution in [-0.4, -0.2) is 39.5 Å². The molecule has 10 heteroatoms. The predicted octanol–water partition coefficient (Wildman–Crippen LogP) is 4.82. The molecule has 2 aromatic carbocycles. The van der Waals surface area contributed by atoms with Gasteiger partial charge in [0, 0.05) is 29.1 Å². The standard InChI is InChI=1S/C24H26F2N4O4/c1-15(2)10-20(29-24(32)33)22(31)28-18-8-9-19(21(11-18)34-23(25)26)17-12-27-30(14-17)13-16-6-4-3-5-7-16/h3-9,11-12,14-15,20,23,29H,10,13H2,1-2H3,(H,28,31)(H,32,33). The van der Waals surface area contributed by atoms with Crippen molar-refractivity contribution in [3.05, 3.63) is 66.5 Å². The molecule has 2 amide bonds. The number of alkyl halides is 2. The number of anilines is 1. The van der Waals surface area contributed by atoms with Crippen LogP contribution < -0.4 is 15.4 Å². The van der Waals surface area contributed by atoms with Crippen molar-refractivity contribution in [2.24, 2.45) is 5.92 Å². The Morgan fingerprint density at radius 2 is 1.88 bits per heavy atom. The van der Waals surface area contributed by atoms with Gasteiger partial charge in [0.1, 0.15) is 11.8 Å². The van der Waals surface area contributed by atoms with Gasteiger partial charge in [-0.1, -0.05) is 44.2 Å². The molecule has 0 aliphatic rings. The summed E-state index contributed by atoms with van der Waals surface area (Å²) >= 11 is 0. The van der Waals surface area contributed by atoms with Crippen LogP contribution in [0.1, 0.15) is 25.8 Å². The topological polar surface area (TPSA) is 105 Å². The van der Waals surface area contributed by atoms with Gasteiger partial charge >= 0.3 is 12.7 Å². The molecule has 3 N–H and O–H groups in total. The zero-order valence-electron chi connectivity index (χ0n) is 18.7. The summed E-state index contributed by atoms with van der Waals surface area (Å²) in [5, 5.41) is 18.1. The number of hydrogen-bond donors (Lipinski definition) is 3. The van der Waals surface area contributed by atoms with E-state index >= 15 is 0 Å². The summed E-state index contributed by atoms with van der Waals surface area (Å²) in [6, 6.07) is 13.0. The van der Waals surface area contributed by atoms with Gasteiger partial charge in [0.05, 0.1) is 12.7 Å². The number of carbonyl (C=O) groups excluding carboxylic acids is 1. The van der Waals surface area contributed by atoms with Crippen molar-refractivity contribution in [2.75, 3.05) is 5.32 Å². The monoisotopic (exact) mass is 472 g/mol. The van der Waals surface area contributed by atoms with E-state index in [-0.39, 0.29) is 23.8 Å². The van der Waals surface area contributed by atoms with E-state index in [2.05, 4.69) is 15.7 Å². The largest absolute Gasteiger partial charge is 0.465 e. The summed E-state index contributed by atoms with van der Waals surface area (Å²) in [5.74, 6) is -0.684. The Morgan fingerprint density at radius 1 is 1.15 bits per heavy atom. The SMILES string of the molecule is CC(C)CC(NC(=O)O)C(=O)Nc1ccc(-c2cnn(Cc3ccccc3)c2)c(OC(F)F)c1. The van der Waals surface area contributed by atoms with E-state index in [1.165, 1.54) is 12.1 Å². The third-order valence-corrected chi connectivity index (χ3v) is 4.92. The molecular formula is C24H26F2N4O4. The summed E-state index contributed by atoms with van der Waals surface area (Å²) in [5.41, 5.74) is 2.17. The molecule has 0 bridgehead atoms. The molecule has 0 saturated heterocycles. The first kappa shape index (κ1) is 24.7. The first-order chi connectivity index (χ1) is 16.2. The fourth-order valence-electron chi connectivity index (χ4n) is 3.47. The Hall–Kier alpha value is -3.95. The molecule has 1 atom stereocenters. The van der Waals surface area contributed by atoms with Gasteiger partial charge in [-0.05, 0) is 30.0 Å². The Labute approximate surface area is 195 Å². The molecule has 180 valence electrons. The minimum Gasteiger partial charge on any atom is -0.465 e. The molecule has 1 unspecified atom stereocenters. The molecule has 0 radical (unpaired) electrons. The second-order valence-corrected chi connectivity index (χ2v) is 8.12. The highest BCUT2D eigenvalue weighted by Gasteiger charge is 2.22. The number of aromatic nitrogens is 2. The number of benzene rings is 2. The van der Waals surface area contributed by atoms with Crippen molar-refractivity contribution in [2.45, 2.75) is 39.5 Å². The number of rotatable bonds is 10. The van der Waals surface area contributed by atoms with Crippen molar-refractivity contribution in [1.82, 2.24) is 15.1 Å². The minimum absolute atomic E-state index is 0.0510. The van der Waals surface area contributed by atoms with Crippen molar-refractivity contribution >= 4 is 17.7 Å². The summed E-state index contributed by atoms with van der Waals surface area (Å²) in [6.07, 6.45) is 2.21. The third-order valence-electron chi connectivity index (χ3n) is 4.92. The van der Waals surface area contributed by atoms with Crippen LogP contribution in [0.4, 0.5) is 19.3 Å². The van der Waals surface area contributed by atoms with Crippen LogP contribution in [0.5, 0.6) is 5.75 Å². The third kappa shape index (κ3) is 7.03. The number of amides is 2. The van der Waals surface area contributed by atoms with Crippen LogP contribution in [0.2, 0.25) is 0 Å². The summed E-state index contributed by atoms with van der Waals surface area (Å²) < 4.78 is 32.6.